The number of nitrogens with zero attached hydrogens (tertiary/aromatic N) is 3. The van der Waals surface area contributed by atoms with Crippen molar-refractivity contribution in [2.45, 2.75) is 6.42 Å². The predicted octanol–water partition coefficient (Wildman–Crippen LogP) is 3.29. The Kier molecular flexibility index (Phi) is 5.18. The number of aliphatic hydroxyl groups excluding tert-OH is 1. The quantitative estimate of drug-likeness (QED) is 0.426. The highest BCUT2D eigenvalue weighted by molar-refractivity contribution is 5.84. The standard InChI is InChI=1S/C20H16FN3O3/c1-24-17-9-5-4-8-16(17)23-20(24)14(11-22)18(25)12-27-19(26)10-13-6-2-3-7-15(13)21/h2-9,25H,10,12H2,1H3/b18-14-. The van der Waals surface area contributed by atoms with Crippen LogP contribution in [0, 0.1) is 17.1 Å². The van der Waals surface area contributed by atoms with Crippen LogP contribution in [0.3, 0.4) is 0 Å². The number of fused-ring (bicyclic) bond motifs is 1. The molecule has 0 aliphatic heterocycles. The number of imidazole rings is 1. The zero-order chi connectivity index (χ0) is 19.4. The number of aromatic nitrogens is 2. The van der Waals surface area contributed by atoms with Crippen LogP contribution in [0.15, 0.2) is 54.3 Å². The first-order valence-corrected chi connectivity index (χ1v) is 8.14. The monoisotopic (exact) mass is 365 g/mol. The van der Waals surface area contributed by atoms with Crippen molar-refractivity contribution in [2.75, 3.05) is 6.61 Å². The molecule has 0 bridgehead atoms. The van der Waals surface area contributed by atoms with Gasteiger partial charge in [0.1, 0.15) is 24.1 Å². The molecule has 0 aliphatic carbocycles. The number of carbonyl (C=O) groups excluding carboxylic acids is 1. The van der Waals surface area contributed by atoms with Crippen molar-refractivity contribution < 1.29 is 19.0 Å². The van der Waals surface area contributed by atoms with Gasteiger partial charge in [0, 0.05) is 7.05 Å². The summed E-state index contributed by atoms with van der Waals surface area (Å²) in [6.45, 7) is -0.501. The molecular weight excluding hydrogens is 349 g/mol. The van der Waals surface area contributed by atoms with Gasteiger partial charge in [0.05, 0.1) is 17.5 Å². The van der Waals surface area contributed by atoms with Gasteiger partial charge in [-0.3, -0.25) is 4.79 Å². The average molecular weight is 365 g/mol. The van der Waals surface area contributed by atoms with Gasteiger partial charge in [-0.1, -0.05) is 30.3 Å². The minimum absolute atomic E-state index is 0.0904. The fourth-order valence-electron chi connectivity index (χ4n) is 2.68. The minimum atomic E-state index is -0.714. The van der Waals surface area contributed by atoms with Gasteiger partial charge in [-0.2, -0.15) is 5.26 Å². The van der Waals surface area contributed by atoms with E-state index in [4.69, 9.17) is 4.74 Å². The first-order chi connectivity index (χ1) is 13.0. The van der Waals surface area contributed by atoms with E-state index in [1.54, 1.807) is 23.7 Å². The fraction of sp³-hybridized carbons (Fsp3) is 0.150. The van der Waals surface area contributed by atoms with Crippen LogP contribution in [0.25, 0.3) is 16.6 Å². The lowest BCUT2D eigenvalue weighted by molar-refractivity contribution is -0.142. The van der Waals surface area contributed by atoms with Gasteiger partial charge in [-0.25, -0.2) is 9.37 Å². The molecule has 2 aromatic carbocycles. The third-order valence-corrected chi connectivity index (χ3v) is 4.07. The lowest BCUT2D eigenvalue weighted by Crippen LogP contribution is -2.12. The van der Waals surface area contributed by atoms with Crippen LogP contribution >= 0.6 is 0 Å². The summed E-state index contributed by atoms with van der Waals surface area (Å²) in [4.78, 5) is 16.2. The van der Waals surface area contributed by atoms with Gasteiger partial charge in [0.15, 0.2) is 11.6 Å². The zero-order valence-corrected chi connectivity index (χ0v) is 14.5. The molecule has 0 amide bonds. The summed E-state index contributed by atoms with van der Waals surface area (Å²) >= 11 is 0. The second-order valence-corrected chi connectivity index (χ2v) is 5.85. The first-order valence-electron chi connectivity index (χ1n) is 8.14. The minimum Gasteiger partial charge on any atom is -0.507 e. The lowest BCUT2D eigenvalue weighted by atomic mass is 10.1. The SMILES string of the molecule is Cn1c(/C(C#N)=C(\O)COC(=O)Cc2ccccc2F)nc2ccccc21. The third-order valence-electron chi connectivity index (χ3n) is 4.07. The first kappa shape index (κ1) is 18.1. The van der Waals surface area contributed by atoms with Gasteiger partial charge in [0.2, 0.25) is 0 Å². The van der Waals surface area contributed by atoms with Gasteiger partial charge in [0.25, 0.3) is 0 Å². The summed E-state index contributed by atoms with van der Waals surface area (Å²) in [5.74, 6) is -1.38. The molecule has 3 rings (SSSR count). The van der Waals surface area contributed by atoms with Gasteiger partial charge in [-0.05, 0) is 23.8 Å². The fourth-order valence-corrected chi connectivity index (χ4v) is 2.68. The number of benzene rings is 2. The number of ether oxygens (including phenoxy) is 1. The average Bonchev–Trinajstić information content (AvgIpc) is 2.99. The largest absolute Gasteiger partial charge is 0.507 e. The van der Waals surface area contributed by atoms with Crippen LogP contribution in [0.1, 0.15) is 11.4 Å². The van der Waals surface area contributed by atoms with E-state index >= 15 is 0 Å². The summed E-state index contributed by atoms with van der Waals surface area (Å²) in [6, 6.07) is 15.1. The molecule has 136 valence electrons. The second kappa shape index (κ2) is 7.70. The number of esters is 1. The van der Waals surface area contributed by atoms with Gasteiger partial charge < -0.3 is 14.4 Å². The molecule has 0 fully saturated rings. The Morgan fingerprint density at radius 2 is 1.96 bits per heavy atom. The zero-order valence-electron chi connectivity index (χ0n) is 14.5. The molecule has 0 saturated carbocycles. The Hall–Kier alpha value is -3.66. The van der Waals surface area contributed by atoms with Crippen molar-refractivity contribution in [1.29, 1.82) is 5.26 Å². The molecule has 1 N–H and O–H groups in total. The molecule has 27 heavy (non-hydrogen) atoms. The Balaban J connectivity index is 1.77. The molecule has 6 nitrogen and oxygen atoms in total. The Morgan fingerprint density at radius 1 is 1.26 bits per heavy atom. The van der Waals surface area contributed by atoms with Crippen molar-refractivity contribution in [3.8, 4) is 6.07 Å². The van der Waals surface area contributed by atoms with Crippen LogP contribution in [-0.2, 0) is 23.0 Å². The van der Waals surface area contributed by atoms with Crippen molar-refractivity contribution in [3.05, 3.63) is 71.5 Å². The highest BCUT2D eigenvalue weighted by atomic mass is 19.1. The number of rotatable bonds is 5. The number of aliphatic hydroxyl groups is 1. The maximum absolute atomic E-state index is 13.6. The molecule has 1 heterocycles. The van der Waals surface area contributed by atoms with Crippen LogP contribution in [0.4, 0.5) is 4.39 Å². The molecule has 0 unspecified atom stereocenters. The van der Waals surface area contributed by atoms with Crippen LogP contribution in [0.5, 0.6) is 0 Å². The Morgan fingerprint density at radius 3 is 2.67 bits per heavy atom. The number of aryl methyl sites for hydroxylation is 1. The van der Waals surface area contributed by atoms with E-state index in [2.05, 4.69) is 4.98 Å². The van der Waals surface area contributed by atoms with Crippen LogP contribution in [-0.4, -0.2) is 27.2 Å². The molecule has 0 spiro atoms. The third kappa shape index (κ3) is 3.80. The van der Waals surface area contributed by atoms with E-state index < -0.39 is 24.2 Å². The number of carbonyl (C=O) groups is 1. The highest BCUT2D eigenvalue weighted by Gasteiger charge is 2.18. The molecule has 7 heteroatoms. The normalized spacial score (nSPS) is 11.7. The van der Waals surface area contributed by atoms with Crippen molar-refractivity contribution >= 4 is 22.6 Å². The number of hydrogen-bond acceptors (Lipinski definition) is 5. The number of allylic oxidation sites excluding steroid dienone is 1. The summed E-state index contributed by atoms with van der Waals surface area (Å²) < 4.78 is 20.2. The summed E-state index contributed by atoms with van der Waals surface area (Å²) in [6.07, 6.45) is -0.270. The smallest absolute Gasteiger partial charge is 0.310 e. The summed E-state index contributed by atoms with van der Waals surface area (Å²) in [5, 5.41) is 19.7. The van der Waals surface area contributed by atoms with Crippen molar-refractivity contribution in [2.24, 2.45) is 7.05 Å². The maximum Gasteiger partial charge on any atom is 0.310 e. The Labute approximate surface area is 154 Å². The molecule has 0 aliphatic rings. The predicted molar refractivity (Wildman–Crippen MR) is 96.9 cm³/mol. The van der Waals surface area contributed by atoms with Gasteiger partial charge in [-0.15, -0.1) is 0 Å². The number of nitriles is 1. The number of para-hydroxylation sites is 2. The molecule has 1 aromatic heterocycles. The molecule has 3 aromatic rings. The van der Waals surface area contributed by atoms with Crippen LogP contribution in [0.2, 0.25) is 0 Å². The van der Waals surface area contributed by atoms with Crippen molar-refractivity contribution in [1.82, 2.24) is 9.55 Å². The summed E-state index contributed by atoms with van der Waals surface area (Å²) in [7, 11) is 1.72. The molecule has 0 atom stereocenters. The molecule has 0 saturated heterocycles. The van der Waals surface area contributed by atoms with Crippen molar-refractivity contribution in [3.63, 3.8) is 0 Å². The van der Waals surface area contributed by atoms with Gasteiger partial charge >= 0.3 is 5.97 Å². The van der Waals surface area contributed by atoms with E-state index in [0.717, 1.165) is 5.52 Å². The van der Waals surface area contributed by atoms with E-state index in [-0.39, 0.29) is 23.4 Å². The van der Waals surface area contributed by atoms with E-state index in [0.29, 0.717) is 5.52 Å². The summed E-state index contributed by atoms with van der Waals surface area (Å²) in [5.41, 5.74) is 1.57. The van der Waals surface area contributed by atoms with E-state index in [9.17, 15) is 19.6 Å². The highest BCUT2D eigenvalue weighted by Crippen LogP contribution is 2.22. The molecule has 0 radical (unpaired) electrons. The second-order valence-electron chi connectivity index (χ2n) is 5.85. The number of halogens is 1. The Bertz CT molecular complexity index is 1080. The number of hydrogen-bond donors (Lipinski definition) is 1. The lowest BCUT2D eigenvalue weighted by Gasteiger charge is -2.07. The van der Waals surface area contributed by atoms with E-state index in [1.807, 2.05) is 24.3 Å². The molecular formula is C20H16FN3O3. The maximum atomic E-state index is 13.6. The van der Waals surface area contributed by atoms with Crippen LogP contribution < -0.4 is 0 Å². The topological polar surface area (TPSA) is 88.1 Å². The van der Waals surface area contributed by atoms with E-state index in [1.165, 1.54) is 18.2 Å².